The van der Waals surface area contributed by atoms with Crippen LogP contribution in [0.3, 0.4) is 0 Å². The van der Waals surface area contributed by atoms with E-state index in [-0.39, 0.29) is 28.6 Å². The highest BCUT2D eigenvalue weighted by Crippen LogP contribution is 2.29. The van der Waals surface area contributed by atoms with Gasteiger partial charge in [0.15, 0.2) is 5.82 Å². The highest BCUT2D eigenvalue weighted by molar-refractivity contribution is 6.05. The molecule has 2 amide bonds. The van der Waals surface area contributed by atoms with E-state index in [4.69, 9.17) is 4.74 Å². The van der Waals surface area contributed by atoms with Crippen LogP contribution in [0.1, 0.15) is 55.1 Å². The summed E-state index contributed by atoms with van der Waals surface area (Å²) in [6, 6.07) is 20.3. The summed E-state index contributed by atoms with van der Waals surface area (Å²) in [4.78, 5) is 43.3. The number of nitrogens with zero attached hydrogens (tertiary/aromatic N) is 2. The van der Waals surface area contributed by atoms with Gasteiger partial charge in [-0.05, 0) is 72.7 Å². The quantitative estimate of drug-likeness (QED) is 0.241. The molecular weight excluding hydrogens is 542 g/mol. The third kappa shape index (κ3) is 6.84. The summed E-state index contributed by atoms with van der Waals surface area (Å²) in [6.45, 7) is 8.90. The lowest BCUT2D eigenvalue weighted by Gasteiger charge is -2.19. The number of amides is 2. The second-order valence-corrected chi connectivity index (χ2v) is 11.8. The van der Waals surface area contributed by atoms with E-state index in [1.54, 1.807) is 37.5 Å². The Morgan fingerprint density at radius 2 is 1.70 bits per heavy atom. The van der Waals surface area contributed by atoms with Crippen molar-refractivity contribution in [2.24, 2.45) is 7.05 Å². The van der Waals surface area contributed by atoms with Gasteiger partial charge in [0.2, 0.25) is 0 Å². The molecule has 0 spiro atoms. The molecule has 9 heteroatoms. The van der Waals surface area contributed by atoms with Gasteiger partial charge in [0, 0.05) is 48.0 Å². The van der Waals surface area contributed by atoms with E-state index in [1.165, 1.54) is 4.57 Å². The molecule has 0 aliphatic carbocycles. The van der Waals surface area contributed by atoms with Gasteiger partial charge >= 0.3 is 0 Å². The normalized spacial score (nSPS) is 14.8. The van der Waals surface area contributed by atoms with E-state index in [2.05, 4.69) is 41.7 Å². The Bertz CT molecular complexity index is 1710. The Labute approximate surface area is 251 Å². The minimum Gasteiger partial charge on any atom is -0.368 e. The average Bonchev–Trinajstić information content (AvgIpc) is 3.52. The third-order valence-corrected chi connectivity index (χ3v) is 7.56. The van der Waals surface area contributed by atoms with Gasteiger partial charge in [0.25, 0.3) is 17.4 Å². The second kappa shape index (κ2) is 12.2. The molecule has 1 atom stereocenters. The number of nitrogens with one attached hydrogen (secondary N) is 3. The van der Waals surface area contributed by atoms with Crippen molar-refractivity contribution in [3.8, 4) is 11.3 Å². The van der Waals surface area contributed by atoms with Crippen LogP contribution in [0, 0.1) is 6.92 Å². The van der Waals surface area contributed by atoms with Crippen LogP contribution in [0.4, 0.5) is 22.9 Å². The van der Waals surface area contributed by atoms with Crippen molar-refractivity contribution in [3.63, 3.8) is 0 Å². The number of aromatic nitrogens is 2. The van der Waals surface area contributed by atoms with Gasteiger partial charge in [-0.1, -0.05) is 51.1 Å². The molecule has 1 aliphatic rings. The number of ether oxygens (including phenoxy) is 1. The summed E-state index contributed by atoms with van der Waals surface area (Å²) in [7, 11) is 1.67. The van der Waals surface area contributed by atoms with Crippen molar-refractivity contribution < 1.29 is 14.3 Å². The van der Waals surface area contributed by atoms with Crippen molar-refractivity contribution in [3.05, 3.63) is 100.0 Å². The number of hydrogen-bond donors (Lipinski definition) is 3. The van der Waals surface area contributed by atoms with Gasteiger partial charge in [-0.25, -0.2) is 4.98 Å². The first kappa shape index (κ1) is 29.7. The zero-order valence-corrected chi connectivity index (χ0v) is 25.2. The molecule has 1 saturated heterocycles. The molecular formula is C34H37N5O4. The Hall–Kier alpha value is -4.76. The summed E-state index contributed by atoms with van der Waals surface area (Å²) in [5.41, 5.74) is 5.42. The molecule has 2 heterocycles. The van der Waals surface area contributed by atoms with Crippen LogP contribution in [-0.4, -0.2) is 34.1 Å². The standard InChI is InChI=1S/C34H37N5O4/c1-21-26(11-7-12-27(21)38-31(40)22-14-16-23(17-15-22)34(2,3)4)28-20-39(5)33(42)30(37-28)35-24-9-6-10-25(19-24)36-32(41)29-13-8-18-43-29/h6-7,9-12,14-17,19-20,29H,8,13,18H2,1-5H3,(H,35,37)(H,36,41)(H,38,40)/t29-/m0/s1. The maximum atomic E-state index is 13.1. The summed E-state index contributed by atoms with van der Waals surface area (Å²) >= 11 is 0. The minimum atomic E-state index is -0.444. The highest BCUT2D eigenvalue weighted by atomic mass is 16.5. The monoisotopic (exact) mass is 579 g/mol. The van der Waals surface area contributed by atoms with E-state index >= 15 is 0 Å². The topological polar surface area (TPSA) is 114 Å². The molecule has 1 fully saturated rings. The lowest BCUT2D eigenvalue weighted by molar-refractivity contribution is -0.124. The van der Waals surface area contributed by atoms with Crippen LogP contribution in [0.25, 0.3) is 11.3 Å². The summed E-state index contributed by atoms with van der Waals surface area (Å²) in [6.07, 6.45) is 2.79. The fraction of sp³-hybridized carbons (Fsp3) is 0.294. The first-order valence-electron chi connectivity index (χ1n) is 14.4. The van der Waals surface area contributed by atoms with Crippen LogP contribution >= 0.6 is 0 Å². The van der Waals surface area contributed by atoms with Crippen molar-refractivity contribution in [2.75, 3.05) is 22.6 Å². The van der Waals surface area contributed by atoms with Gasteiger partial charge in [0.1, 0.15) is 6.10 Å². The van der Waals surface area contributed by atoms with Gasteiger partial charge in [-0.3, -0.25) is 14.4 Å². The molecule has 4 aromatic rings. The van der Waals surface area contributed by atoms with E-state index in [0.29, 0.717) is 41.3 Å². The summed E-state index contributed by atoms with van der Waals surface area (Å²) in [5, 5.41) is 9.02. The minimum absolute atomic E-state index is 0.000414. The SMILES string of the molecule is Cc1c(NC(=O)c2ccc(C(C)(C)C)cc2)cccc1-c1cn(C)c(=O)c(Nc2cccc(NC(=O)[C@@H]3CCCO3)c2)n1. The molecule has 5 rings (SSSR count). The Morgan fingerprint density at radius 3 is 2.40 bits per heavy atom. The molecule has 0 radical (unpaired) electrons. The maximum absolute atomic E-state index is 13.1. The average molecular weight is 580 g/mol. The Morgan fingerprint density at radius 1 is 0.977 bits per heavy atom. The zero-order valence-electron chi connectivity index (χ0n) is 25.2. The zero-order chi connectivity index (χ0) is 30.7. The molecule has 3 aromatic carbocycles. The molecule has 43 heavy (non-hydrogen) atoms. The van der Waals surface area contributed by atoms with Crippen molar-refractivity contribution in [2.45, 2.75) is 52.1 Å². The van der Waals surface area contributed by atoms with Gasteiger partial charge in [0.05, 0.1) is 5.69 Å². The van der Waals surface area contributed by atoms with Gasteiger partial charge in [-0.2, -0.15) is 0 Å². The predicted octanol–water partition coefficient (Wildman–Crippen LogP) is 6.17. The first-order valence-corrected chi connectivity index (χ1v) is 14.4. The van der Waals surface area contributed by atoms with Crippen molar-refractivity contribution in [1.29, 1.82) is 0 Å². The number of anilines is 4. The Balaban J connectivity index is 1.37. The molecule has 0 bridgehead atoms. The van der Waals surface area contributed by atoms with Crippen molar-refractivity contribution >= 4 is 34.7 Å². The van der Waals surface area contributed by atoms with E-state index in [0.717, 1.165) is 23.1 Å². The molecule has 3 N–H and O–H groups in total. The fourth-order valence-electron chi connectivity index (χ4n) is 5.00. The number of rotatable bonds is 7. The number of carbonyl (C=O) groups is 2. The number of aryl methyl sites for hydroxylation is 1. The second-order valence-electron chi connectivity index (χ2n) is 11.8. The van der Waals surface area contributed by atoms with E-state index in [9.17, 15) is 14.4 Å². The summed E-state index contributed by atoms with van der Waals surface area (Å²) < 4.78 is 6.94. The third-order valence-electron chi connectivity index (χ3n) is 7.56. The first-order chi connectivity index (χ1) is 20.5. The lowest BCUT2D eigenvalue weighted by atomic mass is 9.86. The van der Waals surface area contributed by atoms with Crippen molar-refractivity contribution in [1.82, 2.24) is 9.55 Å². The van der Waals surface area contributed by atoms with Gasteiger partial charge in [-0.15, -0.1) is 0 Å². The maximum Gasteiger partial charge on any atom is 0.293 e. The van der Waals surface area contributed by atoms with Crippen LogP contribution in [0.5, 0.6) is 0 Å². The predicted molar refractivity (Wildman–Crippen MR) is 170 cm³/mol. The summed E-state index contributed by atoms with van der Waals surface area (Å²) in [5.74, 6) is -0.256. The molecule has 0 unspecified atom stereocenters. The van der Waals surface area contributed by atoms with Crippen LogP contribution < -0.4 is 21.5 Å². The number of hydrogen-bond acceptors (Lipinski definition) is 6. The fourth-order valence-corrected chi connectivity index (χ4v) is 5.00. The van der Waals surface area contributed by atoms with Crippen LogP contribution in [0.15, 0.2) is 77.7 Å². The highest BCUT2D eigenvalue weighted by Gasteiger charge is 2.23. The van der Waals surface area contributed by atoms with E-state index in [1.807, 2.05) is 49.4 Å². The smallest absolute Gasteiger partial charge is 0.293 e. The Kier molecular flexibility index (Phi) is 8.45. The largest absolute Gasteiger partial charge is 0.368 e. The molecule has 9 nitrogen and oxygen atoms in total. The van der Waals surface area contributed by atoms with E-state index < -0.39 is 6.10 Å². The number of benzene rings is 3. The molecule has 0 saturated carbocycles. The molecule has 1 aromatic heterocycles. The molecule has 222 valence electrons. The van der Waals surface area contributed by atoms with Crippen LogP contribution in [0.2, 0.25) is 0 Å². The number of carbonyl (C=O) groups excluding carboxylic acids is 2. The lowest BCUT2D eigenvalue weighted by Crippen LogP contribution is -2.26. The van der Waals surface area contributed by atoms with Gasteiger partial charge < -0.3 is 25.3 Å². The molecule has 1 aliphatic heterocycles. The van der Waals surface area contributed by atoms with Crippen LogP contribution in [-0.2, 0) is 22.0 Å².